The van der Waals surface area contributed by atoms with E-state index in [9.17, 15) is 4.79 Å². The van der Waals surface area contributed by atoms with E-state index in [4.69, 9.17) is 33.7 Å². The first-order chi connectivity index (χ1) is 9.50. The fourth-order valence-corrected chi connectivity index (χ4v) is 2.38. The van der Waals surface area contributed by atoms with Crippen molar-refractivity contribution in [2.24, 2.45) is 5.73 Å². The van der Waals surface area contributed by atoms with Crippen molar-refractivity contribution >= 4 is 40.1 Å². The van der Waals surface area contributed by atoms with Crippen molar-refractivity contribution in [3.63, 3.8) is 0 Å². The van der Waals surface area contributed by atoms with Gasteiger partial charge >= 0.3 is 0 Å². The molecule has 2 N–H and O–H groups in total. The number of imidazole rings is 1. The maximum Gasteiger partial charge on any atom is 0.243 e. The number of nitrogens with two attached hydrogens (primary N) is 1. The Morgan fingerprint density at radius 2 is 2.30 bits per heavy atom. The number of hydrogen-bond donors (Lipinski definition) is 1. The number of carbonyl (C=O) groups excluding carboxylic acids is 1. The lowest BCUT2D eigenvalue weighted by atomic mass is 10.3. The van der Waals surface area contributed by atoms with E-state index in [1.165, 1.54) is 0 Å². The molecule has 0 radical (unpaired) electrons. The number of alkyl halides is 1. The number of para-hydroxylation sites is 1. The highest BCUT2D eigenvalue weighted by molar-refractivity contribution is 6.35. The van der Waals surface area contributed by atoms with Gasteiger partial charge in [-0.05, 0) is 19.1 Å². The van der Waals surface area contributed by atoms with Crippen LogP contribution in [-0.2, 0) is 16.1 Å². The molecular weight excluding hydrogens is 301 g/mol. The lowest BCUT2D eigenvalue weighted by Gasteiger charge is -2.10. The molecular formula is C13H15Cl2N3O2. The molecule has 2 rings (SSSR count). The average molecular weight is 316 g/mol. The molecule has 1 amide bonds. The highest BCUT2D eigenvalue weighted by Gasteiger charge is 2.16. The molecule has 0 bridgehead atoms. The summed E-state index contributed by atoms with van der Waals surface area (Å²) < 4.78 is 7.13. The standard InChI is InChI=1S/C13H15Cl2N3O2/c1-8(14)13-17-12-9(15)3-2-4-10(12)18(13)5-6-20-7-11(16)19/h2-4,8H,5-7H2,1H3,(H2,16,19). The number of hydrogen-bond acceptors (Lipinski definition) is 3. The third-order valence-corrected chi connectivity index (χ3v) is 3.32. The monoisotopic (exact) mass is 315 g/mol. The highest BCUT2D eigenvalue weighted by atomic mass is 35.5. The largest absolute Gasteiger partial charge is 0.370 e. The van der Waals surface area contributed by atoms with E-state index in [-0.39, 0.29) is 12.0 Å². The Bertz CT molecular complexity index is 625. The van der Waals surface area contributed by atoms with Gasteiger partial charge in [-0.15, -0.1) is 11.6 Å². The van der Waals surface area contributed by atoms with E-state index in [2.05, 4.69) is 4.98 Å². The number of carbonyl (C=O) groups is 1. The zero-order valence-corrected chi connectivity index (χ0v) is 12.5. The molecule has 1 aromatic heterocycles. The van der Waals surface area contributed by atoms with Gasteiger partial charge in [0.2, 0.25) is 5.91 Å². The molecule has 0 spiro atoms. The predicted octanol–water partition coefficient (Wildman–Crippen LogP) is 2.49. The van der Waals surface area contributed by atoms with Crippen molar-refractivity contribution in [2.75, 3.05) is 13.2 Å². The normalized spacial score (nSPS) is 12.8. The van der Waals surface area contributed by atoms with Crippen LogP contribution in [0.5, 0.6) is 0 Å². The maximum absolute atomic E-state index is 10.6. The lowest BCUT2D eigenvalue weighted by molar-refractivity contribution is -0.122. The number of ether oxygens (including phenoxy) is 1. The molecule has 0 saturated heterocycles. The second kappa shape index (κ2) is 6.43. The summed E-state index contributed by atoms with van der Waals surface area (Å²) in [5.41, 5.74) is 6.62. The topological polar surface area (TPSA) is 70.1 Å². The van der Waals surface area contributed by atoms with E-state index in [1.54, 1.807) is 6.07 Å². The smallest absolute Gasteiger partial charge is 0.243 e. The first kappa shape index (κ1) is 15.1. The summed E-state index contributed by atoms with van der Waals surface area (Å²) in [5.74, 6) is 0.229. The van der Waals surface area contributed by atoms with Crippen LogP contribution in [-0.4, -0.2) is 28.7 Å². The van der Waals surface area contributed by atoms with E-state index < -0.39 is 5.91 Å². The molecule has 0 fully saturated rings. The summed E-state index contributed by atoms with van der Waals surface area (Å²) in [6.07, 6.45) is 0. The number of benzene rings is 1. The van der Waals surface area contributed by atoms with Crippen LogP contribution in [0, 0.1) is 0 Å². The number of amides is 1. The van der Waals surface area contributed by atoms with E-state index >= 15 is 0 Å². The minimum atomic E-state index is -0.491. The molecule has 1 heterocycles. The maximum atomic E-state index is 10.6. The van der Waals surface area contributed by atoms with Gasteiger partial charge in [-0.3, -0.25) is 4.79 Å². The highest BCUT2D eigenvalue weighted by Crippen LogP contribution is 2.28. The summed E-state index contributed by atoms with van der Waals surface area (Å²) in [7, 11) is 0. The van der Waals surface area contributed by atoms with Crippen LogP contribution in [0.2, 0.25) is 5.02 Å². The Kier molecular flexibility index (Phi) is 4.86. The van der Waals surface area contributed by atoms with Crippen molar-refractivity contribution in [3.8, 4) is 0 Å². The fraction of sp³-hybridized carbons (Fsp3) is 0.385. The third-order valence-electron chi connectivity index (χ3n) is 2.82. The number of aromatic nitrogens is 2. The molecule has 20 heavy (non-hydrogen) atoms. The zero-order chi connectivity index (χ0) is 14.7. The summed E-state index contributed by atoms with van der Waals surface area (Å²) in [6, 6.07) is 5.56. The van der Waals surface area contributed by atoms with Crippen LogP contribution in [0.1, 0.15) is 18.1 Å². The summed E-state index contributed by atoms with van der Waals surface area (Å²) >= 11 is 12.3. The van der Waals surface area contributed by atoms with Gasteiger partial charge in [-0.1, -0.05) is 17.7 Å². The Morgan fingerprint density at radius 3 is 2.95 bits per heavy atom. The molecule has 0 aliphatic rings. The van der Waals surface area contributed by atoms with Gasteiger partial charge < -0.3 is 15.0 Å². The number of halogens is 2. The van der Waals surface area contributed by atoms with Crippen LogP contribution in [0.25, 0.3) is 11.0 Å². The first-order valence-electron chi connectivity index (χ1n) is 6.15. The quantitative estimate of drug-likeness (QED) is 0.657. The molecule has 0 saturated carbocycles. The Labute approximate surface area is 126 Å². The van der Waals surface area contributed by atoms with Crippen molar-refractivity contribution in [1.82, 2.24) is 9.55 Å². The van der Waals surface area contributed by atoms with Gasteiger partial charge in [-0.25, -0.2) is 4.98 Å². The van der Waals surface area contributed by atoms with Gasteiger partial charge in [0.1, 0.15) is 17.9 Å². The van der Waals surface area contributed by atoms with E-state index in [0.717, 1.165) is 11.3 Å². The molecule has 5 nitrogen and oxygen atoms in total. The van der Waals surface area contributed by atoms with Gasteiger partial charge in [0.15, 0.2) is 0 Å². The number of fused-ring (bicyclic) bond motifs is 1. The van der Waals surface area contributed by atoms with Crippen LogP contribution in [0.15, 0.2) is 18.2 Å². The number of nitrogens with zero attached hydrogens (tertiary/aromatic N) is 2. The molecule has 1 unspecified atom stereocenters. The number of primary amides is 1. The van der Waals surface area contributed by atoms with Crippen molar-refractivity contribution in [2.45, 2.75) is 18.8 Å². The minimum Gasteiger partial charge on any atom is -0.370 e. The first-order valence-corrected chi connectivity index (χ1v) is 6.97. The van der Waals surface area contributed by atoms with Gasteiger partial charge in [0, 0.05) is 6.54 Å². The van der Waals surface area contributed by atoms with Gasteiger partial charge in [0.05, 0.1) is 22.5 Å². The Balaban J connectivity index is 2.27. The lowest BCUT2D eigenvalue weighted by Crippen LogP contribution is -2.20. The predicted molar refractivity (Wildman–Crippen MR) is 79.0 cm³/mol. The minimum absolute atomic E-state index is 0.0981. The van der Waals surface area contributed by atoms with Gasteiger partial charge in [-0.2, -0.15) is 0 Å². The second-order valence-electron chi connectivity index (χ2n) is 4.36. The fourth-order valence-electron chi connectivity index (χ4n) is 2.00. The second-order valence-corrected chi connectivity index (χ2v) is 5.43. The van der Waals surface area contributed by atoms with Gasteiger partial charge in [0.25, 0.3) is 0 Å². The Hall–Kier alpha value is -1.30. The molecule has 108 valence electrons. The van der Waals surface area contributed by atoms with E-state index in [0.29, 0.717) is 23.7 Å². The molecule has 0 aliphatic heterocycles. The zero-order valence-electron chi connectivity index (χ0n) is 11.0. The third kappa shape index (κ3) is 3.23. The number of rotatable bonds is 6. The van der Waals surface area contributed by atoms with Crippen molar-refractivity contribution < 1.29 is 9.53 Å². The van der Waals surface area contributed by atoms with Crippen LogP contribution in [0.4, 0.5) is 0 Å². The Morgan fingerprint density at radius 1 is 1.55 bits per heavy atom. The van der Waals surface area contributed by atoms with Crippen LogP contribution >= 0.6 is 23.2 Å². The molecule has 1 aromatic carbocycles. The average Bonchev–Trinajstić information content (AvgIpc) is 2.75. The van der Waals surface area contributed by atoms with Crippen LogP contribution < -0.4 is 5.73 Å². The molecule has 0 aliphatic carbocycles. The van der Waals surface area contributed by atoms with E-state index in [1.807, 2.05) is 23.6 Å². The summed E-state index contributed by atoms with van der Waals surface area (Å²) in [5, 5.41) is 0.326. The summed E-state index contributed by atoms with van der Waals surface area (Å²) in [6.45, 7) is 2.62. The van der Waals surface area contributed by atoms with Crippen LogP contribution in [0.3, 0.4) is 0 Å². The molecule has 1 atom stereocenters. The van der Waals surface area contributed by atoms with Crippen molar-refractivity contribution in [3.05, 3.63) is 29.0 Å². The molecule has 7 heteroatoms. The molecule has 2 aromatic rings. The van der Waals surface area contributed by atoms with Crippen molar-refractivity contribution in [1.29, 1.82) is 0 Å². The SMILES string of the molecule is CC(Cl)c1nc2c(Cl)cccc2n1CCOCC(N)=O. The summed E-state index contributed by atoms with van der Waals surface area (Å²) in [4.78, 5) is 15.1.